The first-order valence-corrected chi connectivity index (χ1v) is 9.10. The highest BCUT2D eigenvalue weighted by Crippen LogP contribution is 2.31. The summed E-state index contributed by atoms with van der Waals surface area (Å²) in [5.41, 5.74) is 5.84. The van der Waals surface area contributed by atoms with Gasteiger partial charge in [-0.1, -0.05) is 19.8 Å². The zero-order valence-electron chi connectivity index (χ0n) is 11.3. The van der Waals surface area contributed by atoms with Crippen LogP contribution in [0.5, 0.6) is 0 Å². The van der Waals surface area contributed by atoms with Crippen LogP contribution in [0.4, 0.5) is 5.82 Å². The zero-order valence-corrected chi connectivity index (χ0v) is 13.0. The number of nitrogens with zero attached hydrogens (tertiary/aromatic N) is 3. The van der Waals surface area contributed by atoms with Gasteiger partial charge in [0.15, 0.2) is 15.8 Å². The molecule has 6 nitrogen and oxygen atoms in total. The van der Waals surface area contributed by atoms with E-state index in [1.54, 1.807) is 14.9 Å². The van der Waals surface area contributed by atoms with Gasteiger partial charge in [0.1, 0.15) is 0 Å². The molecule has 0 atom stereocenters. The molecular formula is C12H18N4O2S2. The van der Waals surface area contributed by atoms with Gasteiger partial charge >= 0.3 is 0 Å². The molecule has 20 heavy (non-hydrogen) atoms. The lowest BCUT2D eigenvalue weighted by Crippen LogP contribution is -2.39. The van der Waals surface area contributed by atoms with E-state index < -0.39 is 10.0 Å². The van der Waals surface area contributed by atoms with Gasteiger partial charge in [-0.05, 0) is 12.8 Å². The molecule has 8 heteroatoms. The van der Waals surface area contributed by atoms with E-state index in [0.717, 1.165) is 25.7 Å². The number of thiazole rings is 1. The number of nitrogens with two attached hydrogens (primary N) is 1. The van der Waals surface area contributed by atoms with Gasteiger partial charge in [-0.25, -0.2) is 13.4 Å². The molecule has 2 aromatic rings. The van der Waals surface area contributed by atoms with Crippen molar-refractivity contribution in [1.29, 1.82) is 0 Å². The van der Waals surface area contributed by atoms with Crippen LogP contribution in [0.1, 0.15) is 32.6 Å². The number of rotatable bonds is 4. The Morgan fingerprint density at radius 3 is 2.85 bits per heavy atom. The molecular weight excluding hydrogens is 296 g/mol. The van der Waals surface area contributed by atoms with Crippen LogP contribution in [-0.4, -0.2) is 34.7 Å². The van der Waals surface area contributed by atoms with Gasteiger partial charge in [0.2, 0.25) is 0 Å². The minimum Gasteiger partial charge on any atom is -0.381 e. The topological polar surface area (TPSA) is 80.7 Å². The molecule has 2 N–H and O–H groups in total. The van der Waals surface area contributed by atoms with Crippen molar-refractivity contribution in [3.05, 3.63) is 11.6 Å². The van der Waals surface area contributed by atoms with Crippen LogP contribution in [0.2, 0.25) is 0 Å². The molecule has 2 heterocycles. The molecule has 0 aromatic carbocycles. The Kier molecular flexibility index (Phi) is 3.47. The molecule has 110 valence electrons. The van der Waals surface area contributed by atoms with E-state index in [1.165, 1.54) is 11.3 Å². The highest BCUT2D eigenvalue weighted by Gasteiger charge is 2.35. The third kappa shape index (κ3) is 2.02. The Balaban J connectivity index is 2.10. The van der Waals surface area contributed by atoms with Crippen LogP contribution in [0.25, 0.3) is 4.96 Å². The van der Waals surface area contributed by atoms with E-state index in [-0.39, 0.29) is 16.9 Å². The second-order valence-electron chi connectivity index (χ2n) is 5.00. The Bertz CT molecular complexity index is 713. The lowest BCUT2D eigenvalue weighted by atomic mass is 10.2. The quantitative estimate of drug-likeness (QED) is 0.935. The first-order valence-electron chi connectivity index (χ1n) is 6.78. The average Bonchev–Trinajstić information content (AvgIpc) is 3.05. The van der Waals surface area contributed by atoms with Crippen LogP contribution < -0.4 is 5.73 Å². The second kappa shape index (κ2) is 5.01. The SMILES string of the molecule is CCN(C1CCCC1)S(=O)(=O)c1c(N)nc2sccn12. The monoisotopic (exact) mass is 314 g/mol. The van der Waals surface area contributed by atoms with Crippen molar-refractivity contribution in [1.82, 2.24) is 13.7 Å². The second-order valence-corrected chi connectivity index (χ2v) is 7.68. The van der Waals surface area contributed by atoms with Crippen molar-refractivity contribution in [3.63, 3.8) is 0 Å². The maximum absolute atomic E-state index is 12.9. The Morgan fingerprint density at radius 2 is 2.20 bits per heavy atom. The summed E-state index contributed by atoms with van der Waals surface area (Å²) >= 11 is 1.38. The molecule has 0 bridgehead atoms. The number of fused-ring (bicyclic) bond motifs is 1. The number of aromatic nitrogens is 2. The zero-order chi connectivity index (χ0) is 14.3. The Hall–Kier alpha value is -1.12. The number of hydrogen-bond donors (Lipinski definition) is 1. The number of sulfonamides is 1. The first kappa shape index (κ1) is 13.8. The molecule has 2 aromatic heterocycles. The maximum Gasteiger partial charge on any atom is 0.263 e. The Labute approximate surface area is 122 Å². The van der Waals surface area contributed by atoms with E-state index in [9.17, 15) is 8.42 Å². The fourth-order valence-electron chi connectivity index (χ4n) is 2.97. The fourth-order valence-corrected chi connectivity index (χ4v) is 5.62. The highest BCUT2D eigenvalue weighted by molar-refractivity contribution is 7.89. The van der Waals surface area contributed by atoms with Crippen molar-refractivity contribution in [2.24, 2.45) is 0 Å². The smallest absolute Gasteiger partial charge is 0.263 e. The average molecular weight is 314 g/mol. The van der Waals surface area contributed by atoms with E-state index >= 15 is 0 Å². The summed E-state index contributed by atoms with van der Waals surface area (Å²) in [5.74, 6) is 0.0910. The third-order valence-electron chi connectivity index (χ3n) is 3.84. The molecule has 0 spiro atoms. The molecule has 0 saturated heterocycles. The molecule has 1 fully saturated rings. The number of anilines is 1. The van der Waals surface area contributed by atoms with Crippen LogP contribution in [0.3, 0.4) is 0 Å². The fraction of sp³-hybridized carbons (Fsp3) is 0.583. The molecule has 1 aliphatic rings. The Morgan fingerprint density at radius 1 is 1.50 bits per heavy atom. The van der Waals surface area contributed by atoms with E-state index in [4.69, 9.17) is 5.73 Å². The summed E-state index contributed by atoms with van der Waals surface area (Å²) in [6, 6.07) is 0.0913. The molecule has 1 aliphatic carbocycles. The predicted octanol–water partition coefficient (Wildman–Crippen LogP) is 1.93. The summed E-state index contributed by atoms with van der Waals surface area (Å²) in [5, 5.41) is 1.93. The van der Waals surface area contributed by atoms with Gasteiger partial charge in [-0.2, -0.15) is 4.31 Å². The normalized spacial score (nSPS) is 17.5. The van der Waals surface area contributed by atoms with Crippen LogP contribution in [0, 0.1) is 0 Å². The number of nitrogen functional groups attached to an aromatic ring is 1. The van der Waals surface area contributed by atoms with Crippen molar-refractivity contribution in [2.75, 3.05) is 12.3 Å². The molecule has 1 saturated carbocycles. The third-order valence-corrected chi connectivity index (χ3v) is 6.67. The lowest BCUT2D eigenvalue weighted by Gasteiger charge is -2.26. The molecule has 3 rings (SSSR count). The summed E-state index contributed by atoms with van der Waals surface area (Å²) in [6.07, 6.45) is 5.74. The van der Waals surface area contributed by atoms with Gasteiger partial charge in [0.25, 0.3) is 10.0 Å². The summed E-state index contributed by atoms with van der Waals surface area (Å²) in [7, 11) is -3.60. The van der Waals surface area contributed by atoms with Gasteiger partial charge in [-0.3, -0.25) is 4.40 Å². The van der Waals surface area contributed by atoms with Gasteiger partial charge in [0, 0.05) is 24.2 Å². The molecule has 0 radical (unpaired) electrons. The summed E-state index contributed by atoms with van der Waals surface area (Å²) in [4.78, 5) is 4.75. The minimum atomic E-state index is -3.60. The highest BCUT2D eigenvalue weighted by atomic mass is 32.2. The molecule has 0 aliphatic heterocycles. The molecule has 0 unspecified atom stereocenters. The van der Waals surface area contributed by atoms with E-state index in [0.29, 0.717) is 11.5 Å². The minimum absolute atomic E-state index is 0.0910. The van der Waals surface area contributed by atoms with E-state index in [1.807, 2.05) is 12.3 Å². The number of imidazole rings is 1. The maximum atomic E-state index is 12.9. The van der Waals surface area contributed by atoms with Gasteiger partial charge in [-0.15, -0.1) is 11.3 Å². The van der Waals surface area contributed by atoms with Crippen molar-refractivity contribution in [2.45, 2.75) is 43.7 Å². The standard InChI is InChI=1S/C12H18N4O2S2/c1-2-16(9-5-3-4-6-9)20(17,18)11-10(13)14-12-15(11)7-8-19-12/h7-9H,2-6,13H2,1H3. The first-order chi connectivity index (χ1) is 9.55. The van der Waals surface area contributed by atoms with Gasteiger partial charge in [0.05, 0.1) is 0 Å². The van der Waals surface area contributed by atoms with Crippen LogP contribution in [-0.2, 0) is 10.0 Å². The summed E-state index contributed by atoms with van der Waals surface area (Å²) in [6.45, 7) is 2.34. The van der Waals surface area contributed by atoms with Crippen molar-refractivity contribution < 1.29 is 8.42 Å². The van der Waals surface area contributed by atoms with Crippen molar-refractivity contribution >= 4 is 32.1 Å². The largest absolute Gasteiger partial charge is 0.381 e. The van der Waals surface area contributed by atoms with Crippen LogP contribution >= 0.6 is 11.3 Å². The lowest BCUT2D eigenvalue weighted by molar-refractivity contribution is 0.334. The molecule has 0 amide bonds. The predicted molar refractivity (Wildman–Crippen MR) is 79.3 cm³/mol. The van der Waals surface area contributed by atoms with Crippen LogP contribution in [0.15, 0.2) is 16.6 Å². The summed E-state index contributed by atoms with van der Waals surface area (Å²) < 4.78 is 29.0. The van der Waals surface area contributed by atoms with Crippen molar-refractivity contribution in [3.8, 4) is 0 Å². The van der Waals surface area contributed by atoms with E-state index in [2.05, 4.69) is 4.98 Å². The number of hydrogen-bond acceptors (Lipinski definition) is 5. The van der Waals surface area contributed by atoms with Gasteiger partial charge < -0.3 is 5.73 Å².